The first kappa shape index (κ1) is 16.9. The molecule has 0 aliphatic heterocycles. The molecule has 0 saturated heterocycles. The minimum absolute atomic E-state index is 0.0824. The van der Waals surface area contributed by atoms with E-state index in [9.17, 15) is 13.6 Å². The lowest BCUT2D eigenvalue weighted by Crippen LogP contribution is -2.12. The number of rotatable bonds is 4. The first-order valence-corrected chi connectivity index (χ1v) is 7.64. The molecule has 1 aromatic heterocycles. The van der Waals surface area contributed by atoms with Gasteiger partial charge in [-0.3, -0.25) is 4.79 Å². The fraction of sp³-hybridized carbons (Fsp3) is 0. The Kier molecular flexibility index (Phi) is 4.90. The molecule has 3 aromatic rings. The molecule has 0 bridgehead atoms. The van der Waals surface area contributed by atoms with Crippen LogP contribution < -0.4 is 10.6 Å². The van der Waals surface area contributed by atoms with Crippen molar-refractivity contribution in [2.75, 3.05) is 10.6 Å². The molecule has 2 aromatic carbocycles. The predicted octanol–water partition coefficient (Wildman–Crippen LogP) is 5.01. The summed E-state index contributed by atoms with van der Waals surface area (Å²) in [5.41, 5.74) is 1.21. The maximum absolute atomic E-state index is 13.2. The third-order valence-corrected chi connectivity index (χ3v) is 3.59. The van der Waals surface area contributed by atoms with Crippen molar-refractivity contribution in [3.8, 4) is 0 Å². The van der Waals surface area contributed by atoms with E-state index in [1.807, 2.05) is 0 Å². The highest BCUT2D eigenvalue weighted by molar-refractivity contribution is 6.31. The molecule has 0 aliphatic rings. The van der Waals surface area contributed by atoms with Crippen LogP contribution >= 0.6 is 11.6 Å². The number of nitrogens with zero attached hydrogens (tertiary/aromatic N) is 1. The summed E-state index contributed by atoms with van der Waals surface area (Å²) in [7, 11) is 0. The molecule has 0 saturated carbocycles. The maximum atomic E-state index is 13.2. The molecule has 0 spiro atoms. The Morgan fingerprint density at radius 2 is 1.84 bits per heavy atom. The Bertz CT molecular complexity index is 934. The fourth-order valence-electron chi connectivity index (χ4n) is 2.13. The van der Waals surface area contributed by atoms with Crippen LogP contribution in [0.25, 0.3) is 0 Å². The van der Waals surface area contributed by atoms with Crippen molar-refractivity contribution in [2.24, 2.45) is 0 Å². The summed E-state index contributed by atoms with van der Waals surface area (Å²) in [6.45, 7) is 0. The molecule has 0 radical (unpaired) electrons. The van der Waals surface area contributed by atoms with Gasteiger partial charge in [-0.25, -0.2) is 13.8 Å². The predicted molar refractivity (Wildman–Crippen MR) is 93.3 cm³/mol. The smallest absolute Gasteiger partial charge is 0.255 e. The van der Waals surface area contributed by atoms with Gasteiger partial charge >= 0.3 is 0 Å². The highest BCUT2D eigenvalue weighted by atomic mass is 35.5. The largest absolute Gasteiger partial charge is 0.340 e. The summed E-state index contributed by atoms with van der Waals surface area (Å²) in [5.74, 6) is -0.972. The van der Waals surface area contributed by atoms with E-state index in [1.54, 1.807) is 12.1 Å². The van der Waals surface area contributed by atoms with E-state index in [4.69, 9.17) is 11.6 Å². The van der Waals surface area contributed by atoms with E-state index in [1.165, 1.54) is 48.7 Å². The van der Waals surface area contributed by atoms with Gasteiger partial charge in [-0.05, 0) is 48.5 Å². The SMILES string of the molecule is O=C(Nc1ccc(F)c(Cl)c1)c1ccnc(Nc2cccc(F)c2)c1. The normalized spacial score (nSPS) is 10.4. The summed E-state index contributed by atoms with van der Waals surface area (Å²) in [6, 6.07) is 12.8. The zero-order chi connectivity index (χ0) is 17.8. The van der Waals surface area contributed by atoms with E-state index in [0.717, 1.165) is 0 Å². The minimum Gasteiger partial charge on any atom is -0.340 e. The first-order valence-electron chi connectivity index (χ1n) is 7.26. The average molecular weight is 360 g/mol. The molecule has 25 heavy (non-hydrogen) atoms. The second-order valence-electron chi connectivity index (χ2n) is 5.15. The number of hydrogen-bond donors (Lipinski definition) is 2. The number of hydrogen-bond acceptors (Lipinski definition) is 3. The molecule has 4 nitrogen and oxygen atoms in total. The van der Waals surface area contributed by atoms with Crippen molar-refractivity contribution >= 4 is 34.7 Å². The molecule has 1 amide bonds. The molecular weight excluding hydrogens is 348 g/mol. The van der Waals surface area contributed by atoms with Crippen molar-refractivity contribution in [1.29, 1.82) is 0 Å². The second kappa shape index (κ2) is 7.27. The van der Waals surface area contributed by atoms with Gasteiger partial charge in [0.05, 0.1) is 5.02 Å². The fourth-order valence-corrected chi connectivity index (χ4v) is 2.31. The standard InChI is InChI=1S/C18H12ClF2N3O/c19-15-10-14(4-5-16(15)21)24-18(25)11-6-7-22-17(8-11)23-13-3-1-2-12(20)9-13/h1-10H,(H,22,23)(H,24,25). The number of pyridine rings is 1. The van der Waals surface area contributed by atoms with Gasteiger partial charge in [0.1, 0.15) is 17.5 Å². The van der Waals surface area contributed by atoms with E-state index in [0.29, 0.717) is 22.8 Å². The summed E-state index contributed by atoms with van der Waals surface area (Å²) in [6.07, 6.45) is 1.45. The summed E-state index contributed by atoms with van der Waals surface area (Å²) >= 11 is 5.69. The Hall–Kier alpha value is -2.99. The highest BCUT2D eigenvalue weighted by Gasteiger charge is 2.09. The van der Waals surface area contributed by atoms with Gasteiger partial charge < -0.3 is 10.6 Å². The van der Waals surface area contributed by atoms with E-state index in [-0.39, 0.29) is 10.8 Å². The zero-order valence-corrected chi connectivity index (χ0v) is 13.5. The topological polar surface area (TPSA) is 54.0 Å². The van der Waals surface area contributed by atoms with Crippen LogP contribution in [0, 0.1) is 11.6 Å². The molecule has 0 unspecified atom stereocenters. The molecule has 0 aliphatic carbocycles. The van der Waals surface area contributed by atoms with E-state index < -0.39 is 11.7 Å². The number of anilines is 3. The van der Waals surface area contributed by atoms with Gasteiger partial charge in [0.25, 0.3) is 5.91 Å². The quantitative estimate of drug-likeness (QED) is 0.688. The van der Waals surface area contributed by atoms with Crippen LogP contribution in [0.15, 0.2) is 60.8 Å². The Balaban J connectivity index is 1.76. The number of benzene rings is 2. The molecule has 126 valence electrons. The van der Waals surface area contributed by atoms with E-state index >= 15 is 0 Å². The van der Waals surface area contributed by atoms with Crippen LogP contribution in [0.2, 0.25) is 5.02 Å². The molecular formula is C18H12ClF2N3O. The number of carbonyl (C=O) groups is 1. The third kappa shape index (κ3) is 4.30. The van der Waals surface area contributed by atoms with Gasteiger partial charge in [-0.2, -0.15) is 0 Å². The van der Waals surface area contributed by atoms with Gasteiger partial charge in [0.15, 0.2) is 0 Å². The van der Waals surface area contributed by atoms with Crippen LogP contribution in [-0.4, -0.2) is 10.9 Å². The Morgan fingerprint density at radius 1 is 1.00 bits per heavy atom. The van der Waals surface area contributed by atoms with E-state index in [2.05, 4.69) is 15.6 Å². The third-order valence-electron chi connectivity index (χ3n) is 3.30. The van der Waals surface area contributed by atoms with Crippen molar-refractivity contribution in [2.45, 2.75) is 0 Å². The number of aromatic nitrogens is 1. The molecule has 7 heteroatoms. The first-order chi connectivity index (χ1) is 12.0. The monoisotopic (exact) mass is 359 g/mol. The van der Waals surface area contributed by atoms with Crippen molar-refractivity contribution < 1.29 is 13.6 Å². The van der Waals surface area contributed by atoms with Crippen LogP contribution in [0.4, 0.5) is 26.0 Å². The number of amides is 1. The van der Waals surface area contributed by atoms with Crippen LogP contribution in [-0.2, 0) is 0 Å². The lowest BCUT2D eigenvalue weighted by Gasteiger charge is -2.09. The molecule has 2 N–H and O–H groups in total. The highest BCUT2D eigenvalue weighted by Crippen LogP contribution is 2.21. The lowest BCUT2D eigenvalue weighted by molar-refractivity contribution is 0.102. The molecule has 0 atom stereocenters. The summed E-state index contributed by atoms with van der Waals surface area (Å²) in [5, 5.41) is 5.46. The number of halogens is 3. The molecule has 0 fully saturated rings. The second-order valence-corrected chi connectivity index (χ2v) is 5.56. The van der Waals surface area contributed by atoms with Gasteiger partial charge in [0.2, 0.25) is 0 Å². The molecule has 1 heterocycles. The minimum atomic E-state index is -0.565. The van der Waals surface area contributed by atoms with Gasteiger partial charge in [0, 0.05) is 23.1 Å². The van der Waals surface area contributed by atoms with Gasteiger partial charge in [-0.1, -0.05) is 17.7 Å². The van der Waals surface area contributed by atoms with Crippen LogP contribution in [0.5, 0.6) is 0 Å². The maximum Gasteiger partial charge on any atom is 0.255 e. The van der Waals surface area contributed by atoms with Crippen LogP contribution in [0.1, 0.15) is 10.4 Å². The summed E-state index contributed by atoms with van der Waals surface area (Å²) in [4.78, 5) is 16.4. The summed E-state index contributed by atoms with van der Waals surface area (Å²) < 4.78 is 26.4. The average Bonchev–Trinajstić information content (AvgIpc) is 2.58. The number of carbonyl (C=O) groups excluding carboxylic acids is 1. The van der Waals surface area contributed by atoms with Crippen molar-refractivity contribution in [3.63, 3.8) is 0 Å². The Labute approximate surface area is 147 Å². The van der Waals surface area contributed by atoms with Crippen molar-refractivity contribution in [1.82, 2.24) is 4.98 Å². The lowest BCUT2D eigenvalue weighted by atomic mass is 10.2. The van der Waals surface area contributed by atoms with Crippen LogP contribution in [0.3, 0.4) is 0 Å². The Morgan fingerprint density at radius 3 is 2.60 bits per heavy atom. The number of nitrogens with one attached hydrogen (secondary N) is 2. The zero-order valence-electron chi connectivity index (χ0n) is 12.8. The van der Waals surface area contributed by atoms with Crippen molar-refractivity contribution in [3.05, 3.63) is 83.0 Å². The van der Waals surface area contributed by atoms with Gasteiger partial charge in [-0.15, -0.1) is 0 Å². The molecule has 3 rings (SSSR count).